The van der Waals surface area contributed by atoms with E-state index in [9.17, 15) is 19.2 Å². The van der Waals surface area contributed by atoms with Gasteiger partial charge in [-0.3, -0.25) is 24.5 Å². The lowest BCUT2D eigenvalue weighted by atomic mass is 9.81. The molecule has 0 aromatic carbocycles. The van der Waals surface area contributed by atoms with Crippen LogP contribution in [0.25, 0.3) is 0 Å². The van der Waals surface area contributed by atoms with E-state index in [1.165, 1.54) is 4.90 Å². The molecule has 0 spiro atoms. The summed E-state index contributed by atoms with van der Waals surface area (Å²) in [6.45, 7) is 3.53. The lowest BCUT2D eigenvalue weighted by molar-refractivity contribution is -0.143. The molecular weight excluding hydrogens is 314 g/mol. The number of carbonyl (C=O) groups excluding carboxylic acids is 4. The van der Waals surface area contributed by atoms with Gasteiger partial charge in [0.2, 0.25) is 17.7 Å². The van der Waals surface area contributed by atoms with Crippen LogP contribution in [0.15, 0.2) is 0 Å². The SMILES string of the molecule is CC1(C)CC(=O)CC1C(=O)NC(=O)[C@@H]1CCCN1C(=O)[C@@H](N)CO. The topological polar surface area (TPSA) is 130 Å². The van der Waals surface area contributed by atoms with Crippen LogP contribution in [0, 0.1) is 11.3 Å². The monoisotopic (exact) mass is 339 g/mol. The van der Waals surface area contributed by atoms with E-state index in [-0.39, 0.29) is 12.2 Å². The molecule has 1 heterocycles. The summed E-state index contributed by atoms with van der Waals surface area (Å²) in [7, 11) is 0. The molecule has 8 nitrogen and oxygen atoms in total. The van der Waals surface area contributed by atoms with E-state index in [1.54, 1.807) is 0 Å². The first kappa shape index (κ1) is 18.5. The summed E-state index contributed by atoms with van der Waals surface area (Å²) >= 11 is 0. The quantitative estimate of drug-likeness (QED) is 0.560. The Morgan fingerprint density at radius 1 is 1.38 bits per heavy atom. The highest BCUT2D eigenvalue weighted by Gasteiger charge is 2.45. The summed E-state index contributed by atoms with van der Waals surface area (Å²) in [5.74, 6) is -2.05. The van der Waals surface area contributed by atoms with E-state index >= 15 is 0 Å². The van der Waals surface area contributed by atoms with Gasteiger partial charge in [-0.05, 0) is 18.3 Å². The summed E-state index contributed by atoms with van der Waals surface area (Å²) in [4.78, 5) is 49.8. The van der Waals surface area contributed by atoms with Crippen molar-refractivity contribution in [2.24, 2.45) is 17.1 Å². The number of nitrogens with two attached hydrogens (primary N) is 1. The van der Waals surface area contributed by atoms with Crippen LogP contribution in [0.3, 0.4) is 0 Å². The van der Waals surface area contributed by atoms with Crippen LogP contribution >= 0.6 is 0 Å². The fraction of sp³-hybridized carbons (Fsp3) is 0.750. The van der Waals surface area contributed by atoms with Crippen molar-refractivity contribution in [1.82, 2.24) is 10.2 Å². The predicted molar refractivity (Wildman–Crippen MR) is 84.5 cm³/mol. The minimum atomic E-state index is -1.07. The summed E-state index contributed by atoms with van der Waals surface area (Å²) in [5.41, 5.74) is 5.05. The third-order valence-electron chi connectivity index (χ3n) is 4.94. The molecule has 1 unspecified atom stereocenters. The largest absolute Gasteiger partial charge is 0.394 e. The molecule has 0 aromatic heterocycles. The fourth-order valence-corrected chi connectivity index (χ4v) is 3.54. The summed E-state index contributed by atoms with van der Waals surface area (Å²) < 4.78 is 0. The average molecular weight is 339 g/mol. The number of aliphatic hydroxyl groups is 1. The van der Waals surface area contributed by atoms with Gasteiger partial charge in [-0.15, -0.1) is 0 Å². The number of nitrogens with zero attached hydrogens (tertiary/aromatic N) is 1. The molecule has 8 heteroatoms. The zero-order valence-electron chi connectivity index (χ0n) is 14.1. The molecular formula is C16H25N3O5. The third-order valence-corrected chi connectivity index (χ3v) is 4.94. The lowest BCUT2D eigenvalue weighted by Gasteiger charge is -2.28. The van der Waals surface area contributed by atoms with Crippen molar-refractivity contribution in [2.75, 3.05) is 13.2 Å². The molecule has 0 aromatic rings. The number of carbonyl (C=O) groups is 4. The Morgan fingerprint density at radius 3 is 2.58 bits per heavy atom. The van der Waals surface area contributed by atoms with Crippen molar-refractivity contribution in [1.29, 1.82) is 0 Å². The Labute approximate surface area is 140 Å². The molecule has 3 atom stereocenters. The van der Waals surface area contributed by atoms with Gasteiger partial charge in [0.1, 0.15) is 17.9 Å². The van der Waals surface area contributed by atoms with Crippen LogP contribution in [-0.4, -0.2) is 58.7 Å². The lowest BCUT2D eigenvalue weighted by Crippen LogP contribution is -2.53. The molecule has 2 aliphatic rings. The number of hydrogen-bond donors (Lipinski definition) is 3. The molecule has 4 N–H and O–H groups in total. The molecule has 1 saturated heterocycles. The number of rotatable bonds is 4. The van der Waals surface area contributed by atoms with E-state index < -0.39 is 47.7 Å². The Bertz CT molecular complexity index is 560. The van der Waals surface area contributed by atoms with Gasteiger partial charge in [-0.25, -0.2) is 0 Å². The molecule has 24 heavy (non-hydrogen) atoms. The van der Waals surface area contributed by atoms with Crippen molar-refractivity contribution in [3.63, 3.8) is 0 Å². The van der Waals surface area contributed by atoms with Crippen molar-refractivity contribution in [2.45, 2.75) is 51.6 Å². The van der Waals surface area contributed by atoms with Crippen molar-refractivity contribution in [3.05, 3.63) is 0 Å². The second kappa shape index (κ2) is 6.98. The zero-order chi connectivity index (χ0) is 18.1. The van der Waals surface area contributed by atoms with Gasteiger partial charge in [0.25, 0.3) is 0 Å². The number of Topliss-reactive ketones (excluding diaryl/α,β-unsaturated/α-hetero) is 1. The molecule has 2 rings (SSSR count). The minimum Gasteiger partial charge on any atom is -0.394 e. The Hall–Kier alpha value is -1.80. The van der Waals surface area contributed by atoms with Gasteiger partial charge >= 0.3 is 0 Å². The number of imide groups is 1. The standard InChI is InChI=1S/C16H25N3O5/c1-16(2)7-9(21)6-10(16)13(22)18-14(23)12-4-3-5-19(12)15(24)11(17)8-20/h10-12,20H,3-8,17H2,1-2H3,(H,18,22,23)/t10?,11-,12-/m0/s1. The Kier molecular flexibility index (Phi) is 5.39. The number of likely N-dealkylation sites (tertiary alicyclic amines) is 1. The maximum atomic E-state index is 12.4. The highest BCUT2D eigenvalue weighted by molar-refractivity contribution is 6.03. The first-order chi connectivity index (χ1) is 11.2. The zero-order valence-corrected chi connectivity index (χ0v) is 14.1. The van der Waals surface area contributed by atoms with Gasteiger partial charge in [0, 0.05) is 19.4 Å². The minimum absolute atomic E-state index is 0.0131. The summed E-state index contributed by atoms with van der Waals surface area (Å²) in [5, 5.41) is 11.4. The van der Waals surface area contributed by atoms with E-state index in [0.29, 0.717) is 25.8 Å². The second-order valence-corrected chi connectivity index (χ2v) is 7.29. The summed E-state index contributed by atoms with van der Waals surface area (Å²) in [6.07, 6.45) is 1.52. The Balaban J connectivity index is 2.02. The molecule has 0 bridgehead atoms. The van der Waals surface area contributed by atoms with Crippen molar-refractivity contribution >= 4 is 23.5 Å². The van der Waals surface area contributed by atoms with Gasteiger partial charge in [-0.1, -0.05) is 13.8 Å². The van der Waals surface area contributed by atoms with Gasteiger partial charge < -0.3 is 15.7 Å². The second-order valence-electron chi connectivity index (χ2n) is 7.29. The smallest absolute Gasteiger partial charge is 0.249 e. The van der Waals surface area contributed by atoms with Crippen LogP contribution in [-0.2, 0) is 19.2 Å². The van der Waals surface area contributed by atoms with E-state index in [4.69, 9.17) is 10.8 Å². The molecule has 1 saturated carbocycles. The molecule has 1 aliphatic heterocycles. The highest BCUT2D eigenvalue weighted by Crippen LogP contribution is 2.40. The Morgan fingerprint density at radius 2 is 2.04 bits per heavy atom. The summed E-state index contributed by atoms with van der Waals surface area (Å²) in [6, 6.07) is -1.83. The van der Waals surface area contributed by atoms with Gasteiger partial charge in [-0.2, -0.15) is 0 Å². The van der Waals surface area contributed by atoms with Crippen LogP contribution < -0.4 is 11.1 Å². The molecule has 0 radical (unpaired) electrons. The van der Waals surface area contributed by atoms with Crippen LogP contribution in [0.1, 0.15) is 39.5 Å². The third kappa shape index (κ3) is 3.64. The van der Waals surface area contributed by atoms with Crippen LogP contribution in [0.5, 0.6) is 0 Å². The first-order valence-corrected chi connectivity index (χ1v) is 8.20. The number of ketones is 1. The van der Waals surface area contributed by atoms with Gasteiger partial charge in [0.05, 0.1) is 12.5 Å². The molecule has 2 fully saturated rings. The number of nitrogens with one attached hydrogen (secondary N) is 1. The van der Waals surface area contributed by atoms with Crippen LogP contribution in [0.4, 0.5) is 0 Å². The number of aliphatic hydroxyl groups excluding tert-OH is 1. The van der Waals surface area contributed by atoms with E-state index in [2.05, 4.69) is 5.32 Å². The highest BCUT2D eigenvalue weighted by atomic mass is 16.3. The number of amides is 3. The number of hydrogen-bond acceptors (Lipinski definition) is 6. The molecule has 3 amide bonds. The molecule has 134 valence electrons. The van der Waals surface area contributed by atoms with Gasteiger partial charge in [0.15, 0.2) is 0 Å². The van der Waals surface area contributed by atoms with Crippen molar-refractivity contribution < 1.29 is 24.3 Å². The maximum absolute atomic E-state index is 12.4. The normalized spacial score (nSPS) is 27.2. The van der Waals surface area contributed by atoms with E-state index in [1.807, 2.05) is 13.8 Å². The average Bonchev–Trinajstić information content (AvgIpc) is 3.09. The molecule has 1 aliphatic carbocycles. The fourth-order valence-electron chi connectivity index (χ4n) is 3.54. The predicted octanol–water partition coefficient (Wildman–Crippen LogP) is -1.05. The maximum Gasteiger partial charge on any atom is 0.249 e. The first-order valence-electron chi connectivity index (χ1n) is 8.20. The van der Waals surface area contributed by atoms with Crippen LogP contribution in [0.2, 0.25) is 0 Å². The van der Waals surface area contributed by atoms with E-state index in [0.717, 1.165) is 0 Å². The van der Waals surface area contributed by atoms with Crippen molar-refractivity contribution in [3.8, 4) is 0 Å².